The lowest BCUT2D eigenvalue weighted by atomic mass is 10.1. The number of carboxylic acid groups (broad SMARTS) is 1. The summed E-state index contributed by atoms with van der Waals surface area (Å²) in [7, 11) is 0. The quantitative estimate of drug-likeness (QED) is 0.515. The number of nitro groups is 1. The van der Waals surface area contributed by atoms with Gasteiger partial charge in [-0.1, -0.05) is 12.1 Å². The molecule has 0 aliphatic carbocycles. The van der Waals surface area contributed by atoms with Gasteiger partial charge in [0.05, 0.1) is 15.1 Å². The van der Waals surface area contributed by atoms with Crippen molar-refractivity contribution in [1.29, 1.82) is 0 Å². The molecule has 25 heavy (non-hydrogen) atoms. The lowest BCUT2D eigenvalue weighted by Gasteiger charge is -2.03. The van der Waals surface area contributed by atoms with Gasteiger partial charge in [0.1, 0.15) is 5.01 Å². The van der Waals surface area contributed by atoms with Crippen LogP contribution in [0.4, 0.5) is 5.69 Å². The van der Waals surface area contributed by atoms with Crippen LogP contribution >= 0.6 is 11.3 Å². The Kier molecular flexibility index (Phi) is 4.85. The molecule has 0 aliphatic heterocycles. The van der Waals surface area contributed by atoms with Gasteiger partial charge in [-0.05, 0) is 47.9 Å². The minimum atomic E-state index is -0.879. The van der Waals surface area contributed by atoms with Crippen LogP contribution in [0, 0.1) is 10.1 Å². The number of carbonyl (C=O) groups is 1. The van der Waals surface area contributed by atoms with Crippen molar-refractivity contribution in [1.82, 2.24) is 4.98 Å². The number of aromatic nitrogens is 1. The van der Waals surface area contributed by atoms with Gasteiger partial charge in [-0.25, -0.2) is 4.98 Å². The number of benzene rings is 2. The number of hydrogen-bond acceptors (Lipinski definition) is 5. The topological polar surface area (TPSA) is 93.3 Å². The van der Waals surface area contributed by atoms with Gasteiger partial charge in [-0.2, -0.15) is 0 Å². The molecular formula is C18H14N2O4S. The summed E-state index contributed by atoms with van der Waals surface area (Å²) >= 11 is 1.50. The molecular weight excluding hydrogens is 340 g/mol. The smallest absolute Gasteiger partial charge is 0.303 e. The molecule has 0 amide bonds. The molecule has 6 nitrogen and oxygen atoms in total. The summed E-state index contributed by atoms with van der Waals surface area (Å²) in [5.41, 5.74) is 2.46. The zero-order valence-electron chi connectivity index (χ0n) is 13.1. The van der Waals surface area contributed by atoms with Gasteiger partial charge < -0.3 is 5.11 Å². The Labute approximate surface area is 147 Å². The first-order valence-electron chi connectivity index (χ1n) is 7.56. The summed E-state index contributed by atoms with van der Waals surface area (Å²) in [5.74, 6) is -0.879. The number of nitro benzene ring substituents is 1. The van der Waals surface area contributed by atoms with Gasteiger partial charge in [0.2, 0.25) is 0 Å². The molecule has 126 valence electrons. The van der Waals surface area contributed by atoms with Crippen LogP contribution in [0.2, 0.25) is 0 Å². The average Bonchev–Trinajstić information content (AvgIpc) is 3.02. The molecule has 3 rings (SSSR count). The number of aliphatic carboxylic acids is 1. The van der Waals surface area contributed by atoms with E-state index in [0.717, 1.165) is 26.4 Å². The molecule has 1 N–H and O–H groups in total. The number of thiazole rings is 1. The number of non-ortho nitro benzene ring substituents is 1. The summed E-state index contributed by atoms with van der Waals surface area (Å²) in [5, 5.41) is 20.5. The molecule has 2 aromatic carbocycles. The maximum absolute atomic E-state index is 11.0. The minimum absolute atomic E-state index is 0.00522. The predicted molar refractivity (Wildman–Crippen MR) is 97.5 cm³/mol. The number of allylic oxidation sites excluding steroid dienone is 1. The SMILES string of the molecule is O=C(O)CCC(=Cc1ccc([N+](=O)[O-])cc1)c1nc2ccccc2s1. The normalized spacial score (nSPS) is 11.6. The molecule has 0 bridgehead atoms. The third-order valence-corrected chi connectivity index (χ3v) is 4.73. The van der Waals surface area contributed by atoms with Crippen LogP contribution in [0.3, 0.4) is 0 Å². The Morgan fingerprint density at radius 3 is 2.52 bits per heavy atom. The lowest BCUT2D eigenvalue weighted by molar-refractivity contribution is -0.384. The Morgan fingerprint density at radius 1 is 1.16 bits per heavy atom. The Hall–Kier alpha value is -3.06. The molecule has 7 heteroatoms. The van der Waals surface area contributed by atoms with Crippen LogP contribution in [-0.4, -0.2) is 21.0 Å². The summed E-state index contributed by atoms with van der Waals surface area (Å²) in [4.78, 5) is 25.8. The van der Waals surface area contributed by atoms with E-state index in [-0.39, 0.29) is 12.1 Å². The van der Waals surface area contributed by atoms with E-state index in [9.17, 15) is 14.9 Å². The summed E-state index contributed by atoms with van der Waals surface area (Å²) in [6.07, 6.45) is 2.17. The highest BCUT2D eigenvalue weighted by Gasteiger charge is 2.11. The van der Waals surface area contributed by atoms with Crippen molar-refractivity contribution < 1.29 is 14.8 Å². The zero-order chi connectivity index (χ0) is 17.8. The second kappa shape index (κ2) is 7.23. The molecule has 0 saturated heterocycles. The number of para-hydroxylation sites is 1. The van der Waals surface area contributed by atoms with Crippen molar-refractivity contribution in [2.45, 2.75) is 12.8 Å². The third kappa shape index (κ3) is 4.07. The lowest BCUT2D eigenvalue weighted by Crippen LogP contribution is -1.95. The summed E-state index contributed by atoms with van der Waals surface area (Å²) < 4.78 is 1.03. The van der Waals surface area contributed by atoms with E-state index in [1.54, 1.807) is 12.1 Å². The van der Waals surface area contributed by atoms with E-state index < -0.39 is 10.9 Å². The van der Waals surface area contributed by atoms with Crippen LogP contribution in [-0.2, 0) is 4.79 Å². The van der Waals surface area contributed by atoms with E-state index in [2.05, 4.69) is 4.98 Å². The van der Waals surface area contributed by atoms with Gasteiger partial charge in [0.15, 0.2) is 0 Å². The van der Waals surface area contributed by atoms with E-state index >= 15 is 0 Å². The van der Waals surface area contributed by atoms with E-state index in [4.69, 9.17) is 5.11 Å². The van der Waals surface area contributed by atoms with Crippen molar-refractivity contribution in [2.75, 3.05) is 0 Å². The van der Waals surface area contributed by atoms with Gasteiger partial charge in [-0.3, -0.25) is 14.9 Å². The van der Waals surface area contributed by atoms with Gasteiger partial charge >= 0.3 is 5.97 Å². The predicted octanol–water partition coefficient (Wildman–Crippen LogP) is 4.61. The first-order valence-corrected chi connectivity index (χ1v) is 8.37. The molecule has 0 unspecified atom stereocenters. The average molecular weight is 354 g/mol. The van der Waals surface area contributed by atoms with Crippen LogP contribution in [0.1, 0.15) is 23.4 Å². The fourth-order valence-electron chi connectivity index (χ4n) is 2.39. The molecule has 1 aromatic heterocycles. The fourth-order valence-corrected chi connectivity index (χ4v) is 3.39. The summed E-state index contributed by atoms with van der Waals surface area (Å²) in [6.45, 7) is 0. The number of hydrogen-bond donors (Lipinski definition) is 1. The second-order valence-electron chi connectivity index (χ2n) is 5.40. The van der Waals surface area contributed by atoms with Crippen LogP contribution in [0.15, 0.2) is 48.5 Å². The fraction of sp³-hybridized carbons (Fsp3) is 0.111. The maximum Gasteiger partial charge on any atom is 0.303 e. The number of carboxylic acids is 1. The monoisotopic (exact) mass is 354 g/mol. The van der Waals surface area contributed by atoms with Crippen molar-refractivity contribution in [3.8, 4) is 0 Å². The molecule has 0 aliphatic rings. The molecule has 0 fully saturated rings. The van der Waals surface area contributed by atoms with Gasteiger partial charge in [0.25, 0.3) is 5.69 Å². The highest BCUT2D eigenvalue weighted by atomic mass is 32.1. The number of rotatable bonds is 6. The number of fused-ring (bicyclic) bond motifs is 1. The molecule has 0 radical (unpaired) electrons. The molecule has 0 atom stereocenters. The van der Waals surface area contributed by atoms with Crippen molar-refractivity contribution in [3.63, 3.8) is 0 Å². The van der Waals surface area contributed by atoms with Crippen molar-refractivity contribution >= 4 is 44.9 Å². The van der Waals surface area contributed by atoms with Crippen molar-refractivity contribution in [3.05, 3.63) is 69.2 Å². The highest BCUT2D eigenvalue weighted by molar-refractivity contribution is 7.19. The Bertz CT molecular complexity index is 928. The molecule has 0 saturated carbocycles. The van der Waals surface area contributed by atoms with Gasteiger partial charge in [-0.15, -0.1) is 11.3 Å². The van der Waals surface area contributed by atoms with E-state index in [1.165, 1.54) is 23.5 Å². The second-order valence-corrected chi connectivity index (χ2v) is 6.43. The van der Waals surface area contributed by atoms with Crippen LogP contribution in [0.5, 0.6) is 0 Å². The molecule has 1 heterocycles. The van der Waals surface area contributed by atoms with Crippen LogP contribution in [0.25, 0.3) is 21.9 Å². The first-order chi connectivity index (χ1) is 12.0. The third-order valence-electron chi connectivity index (χ3n) is 3.62. The molecule has 0 spiro atoms. The highest BCUT2D eigenvalue weighted by Crippen LogP contribution is 2.31. The zero-order valence-corrected chi connectivity index (χ0v) is 13.9. The Balaban J connectivity index is 1.98. The Morgan fingerprint density at radius 2 is 1.88 bits per heavy atom. The largest absolute Gasteiger partial charge is 0.481 e. The standard InChI is InChI=1S/C18H14N2O4S/c21-17(22)10-7-13(11-12-5-8-14(9-6-12)20(23)24)18-19-15-3-1-2-4-16(15)25-18/h1-6,8-9,11H,7,10H2,(H,21,22). The molecule has 3 aromatic rings. The summed E-state index contributed by atoms with van der Waals surface area (Å²) in [6, 6.07) is 13.9. The first kappa shape index (κ1) is 16.8. The minimum Gasteiger partial charge on any atom is -0.481 e. The van der Waals surface area contributed by atoms with Gasteiger partial charge in [0, 0.05) is 18.6 Å². The van der Waals surface area contributed by atoms with E-state index in [1.807, 2.05) is 30.3 Å². The van der Waals surface area contributed by atoms with Crippen molar-refractivity contribution in [2.24, 2.45) is 0 Å². The number of nitrogens with zero attached hydrogens (tertiary/aromatic N) is 2. The van der Waals surface area contributed by atoms with E-state index in [0.29, 0.717) is 6.42 Å². The maximum atomic E-state index is 11.0. The van der Waals surface area contributed by atoms with Crippen LogP contribution < -0.4 is 0 Å².